The maximum absolute atomic E-state index is 14.3. The van der Waals surface area contributed by atoms with Gasteiger partial charge in [0.05, 0.1) is 17.7 Å². The summed E-state index contributed by atoms with van der Waals surface area (Å²) in [7, 11) is -1.19. The molecule has 1 atom stereocenters. The number of amides is 2. The van der Waals surface area contributed by atoms with E-state index in [4.69, 9.17) is 16.3 Å². The van der Waals surface area contributed by atoms with Gasteiger partial charge >= 0.3 is 0 Å². The average molecular weight is 620 g/mol. The monoisotopic (exact) mass is 619 g/mol. The van der Waals surface area contributed by atoms with Gasteiger partial charge < -0.3 is 15.0 Å². The third-order valence-electron chi connectivity index (χ3n) is 7.03. The van der Waals surface area contributed by atoms with Gasteiger partial charge in [-0.3, -0.25) is 13.9 Å². The first-order chi connectivity index (χ1) is 20.6. The molecule has 0 heterocycles. The van der Waals surface area contributed by atoms with E-state index < -0.39 is 28.5 Å². The highest BCUT2D eigenvalue weighted by atomic mass is 35.5. The van der Waals surface area contributed by atoms with Gasteiger partial charge in [0.25, 0.3) is 10.0 Å². The quantitative estimate of drug-likeness (QED) is 0.234. The molecule has 0 aliphatic rings. The molecule has 0 aliphatic carbocycles. The minimum atomic E-state index is -4.20. The molecule has 0 unspecified atom stereocenters. The Morgan fingerprint density at radius 1 is 0.860 bits per heavy atom. The van der Waals surface area contributed by atoms with Crippen molar-refractivity contribution >= 4 is 39.1 Å². The lowest BCUT2D eigenvalue weighted by molar-refractivity contribution is -0.139. The number of methoxy groups -OCH3 is 1. The van der Waals surface area contributed by atoms with Crippen molar-refractivity contribution in [2.24, 2.45) is 0 Å². The van der Waals surface area contributed by atoms with E-state index in [1.807, 2.05) is 37.3 Å². The number of carbonyl (C=O) groups excluding carboxylic acids is 2. The Morgan fingerprint density at radius 2 is 1.49 bits per heavy atom. The lowest BCUT2D eigenvalue weighted by Crippen LogP contribution is -2.53. The van der Waals surface area contributed by atoms with E-state index in [0.717, 1.165) is 21.0 Å². The molecule has 1 N–H and O–H groups in total. The van der Waals surface area contributed by atoms with Crippen molar-refractivity contribution in [3.8, 4) is 5.75 Å². The van der Waals surface area contributed by atoms with Crippen molar-refractivity contribution in [3.05, 3.63) is 125 Å². The van der Waals surface area contributed by atoms with Crippen LogP contribution < -0.4 is 14.4 Å². The molecule has 0 aromatic heterocycles. The third kappa shape index (κ3) is 7.94. The van der Waals surface area contributed by atoms with Crippen molar-refractivity contribution in [2.45, 2.75) is 30.8 Å². The number of benzene rings is 4. The zero-order valence-electron chi connectivity index (χ0n) is 24.2. The molecule has 0 saturated heterocycles. The fourth-order valence-electron chi connectivity index (χ4n) is 4.62. The number of hydrogen-bond donors (Lipinski definition) is 1. The Morgan fingerprint density at radius 3 is 2.07 bits per heavy atom. The van der Waals surface area contributed by atoms with Gasteiger partial charge in [0.2, 0.25) is 11.8 Å². The molecule has 0 radical (unpaired) electrons. The van der Waals surface area contributed by atoms with Crippen LogP contribution in [0.3, 0.4) is 0 Å². The molecule has 0 bridgehead atoms. The summed E-state index contributed by atoms with van der Waals surface area (Å²) in [5, 5.41) is 3.21. The largest absolute Gasteiger partial charge is 0.497 e. The molecule has 4 aromatic rings. The second kappa shape index (κ2) is 14.2. The van der Waals surface area contributed by atoms with Gasteiger partial charge in [-0.05, 0) is 66.6 Å². The Hall–Kier alpha value is -4.34. The highest BCUT2D eigenvalue weighted by Gasteiger charge is 2.34. The zero-order valence-corrected chi connectivity index (χ0v) is 25.8. The van der Waals surface area contributed by atoms with Crippen molar-refractivity contribution in [1.29, 1.82) is 0 Å². The number of aryl methyl sites for hydroxylation is 1. The van der Waals surface area contributed by atoms with Gasteiger partial charge in [0, 0.05) is 25.0 Å². The van der Waals surface area contributed by atoms with Crippen LogP contribution in [0.4, 0.5) is 5.69 Å². The second-order valence-electron chi connectivity index (χ2n) is 9.99. The van der Waals surface area contributed by atoms with Gasteiger partial charge in [-0.25, -0.2) is 8.42 Å². The lowest BCUT2D eigenvalue weighted by atomic mass is 10.0. The topological polar surface area (TPSA) is 96.0 Å². The fourth-order valence-corrected chi connectivity index (χ4v) is 6.16. The van der Waals surface area contributed by atoms with E-state index >= 15 is 0 Å². The van der Waals surface area contributed by atoms with Crippen LogP contribution >= 0.6 is 11.6 Å². The molecule has 0 saturated carbocycles. The van der Waals surface area contributed by atoms with E-state index in [0.29, 0.717) is 16.5 Å². The van der Waals surface area contributed by atoms with Crippen LogP contribution in [-0.4, -0.2) is 51.9 Å². The Kier molecular flexibility index (Phi) is 10.4. The fraction of sp³-hybridized carbons (Fsp3) is 0.212. The Balaban J connectivity index is 1.77. The normalized spacial score (nSPS) is 11.8. The minimum absolute atomic E-state index is 0.00179. The summed E-state index contributed by atoms with van der Waals surface area (Å²) in [6.45, 7) is 1.42. The molecule has 8 nitrogen and oxygen atoms in total. The van der Waals surface area contributed by atoms with Gasteiger partial charge in [0.1, 0.15) is 18.3 Å². The summed E-state index contributed by atoms with van der Waals surface area (Å²) in [4.78, 5) is 29.0. The molecule has 43 heavy (non-hydrogen) atoms. The molecule has 4 aromatic carbocycles. The summed E-state index contributed by atoms with van der Waals surface area (Å²) >= 11 is 6.10. The maximum Gasteiger partial charge on any atom is 0.264 e. The smallest absolute Gasteiger partial charge is 0.264 e. The predicted molar refractivity (Wildman–Crippen MR) is 169 cm³/mol. The standard InChI is InChI=1S/C33H34ClN3O5S/c1-24-9-15-28(16-10-24)37(43(40,41)30-19-17-29(42-3)18-20-30)23-32(38)36(22-26-11-13-27(34)14-12-26)31(33(39)35-2)21-25-7-5-4-6-8-25/h4-20,31H,21-23H2,1-3H3,(H,35,39)/t31-/m1/s1. The number of carbonyl (C=O) groups is 2. The number of anilines is 1. The van der Waals surface area contributed by atoms with E-state index in [9.17, 15) is 18.0 Å². The molecular weight excluding hydrogens is 586 g/mol. The number of ether oxygens (including phenoxy) is 1. The predicted octanol–water partition coefficient (Wildman–Crippen LogP) is 5.24. The Labute approximate surface area is 257 Å². The van der Waals surface area contributed by atoms with Crippen molar-refractivity contribution in [1.82, 2.24) is 10.2 Å². The van der Waals surface area contributed by atoms with Crippen molar-refractivity contribution in [2.75, 3.05) is 25.0 Å². The van der Waals surface area contributed by atoms with Crippen LogP contribution in [0.15, 0.2) is 108 Å². The Bertz CT molecular complexity index is 1630. The zero-order chi connectivity index (χ0) is 31.0. The molecule has 10 heteroatoms. The summed E-state index contributed by atoms with van der Waals surface area (Å²) in [5.41, 5.74) is 2.84. The summed E-state index contributed by atoms with van der Waals surface area (Å²) in [5.74, 6) is -0.413. The maximum atomic E-state index is 14.3. The molecular formula is C33H34ClN3O5S. The lowest BCUT2D eigenvalue weighted by Gasteiger charge is -2.33. The molecule has 0 spiro atoms. The number of rotatable bonds is 12. The number of sulfonamides is 1. The molecule has 0 aliphatic heterocycles. The van der Waals surface area contributed by atoms with E-state index in [-0.39, 0.29) is 23.8 Å². The van der Waals surface area contributed by atoms with Gasteiger partial charge in [-0.2, -0.15) is 0 Å². The van der Waals surface area contributed by atoms with Gasteiger partial charge in [-0.1, -0.05) is 71.8 Å². The SMILES string of the molecule is CNC(=O)[C@@H](Cc1ccccc1)N(Cc1ccc(Cl)cc1)C(=O)CN(c1ccc(C)cc1)S(=O)(=O)c1ccc(OC)cc1. The summed E-state index contributed by atoms with van der Waals surface area (Å²) in [6, 6.07) is 28.3. The van der Waals surface area contributed by atoms with Crippen LogP contribution in [0.5, 0.6) is 5.75 Å². The van der Waals surface area contributed by atoms with Gasteiger partial charge in [-0.15, -0.1) is 0 Å². The van der Waals surface area contributed by atoms with Crippen LogP contribution in [0, 0.1) is 6.92 Å². The summed E-state index contributed by atoms with van der Waals surface area (Å²) in [6.07, 6.45) is 0.232. The molecule has 0 fully saturated rings. The first-order valence-corrected chi connectivity index (χ1v) is 15.5. The number of nitrogens with one attached hydrogen (secondary N) is 1. The second-order valence-corrected chi connectivity index (χ2v) is 12.3. The van der Waals surface area contributed by atoms with Crippen molar-refractivity contribution in [3.63, 3.8) is 0 Å². The number of hydrogen-bond acceptors (Lipinski definition) is 5. The minimum Gasteiger partial charge on any atom is -0.497 e. The first kappa shape index (κ1) is 31.6. The van der Waals surface area contributed by atoms with Crippen LogP contribution in [0.1, 0.15) is 16.7 Å². The van der Waals surface area contributed by atoms with Gasteiger partial charge in [0.15, 0.2) is 0 Å². The first-order valence-electron chi connectivity index (χ1n) is 13.6. The van der Waals surface area contributed by atoms with Crippen LogP contribution in [0.2, 0.25) is 5.02 Å². The summed E-state index contributed by atoms with van der Waals surface area (Å²) < 4.78 is 34.4. The van der Waals surface area contributed by atoms with E-state index in [2.05, 4.69) is 5.32 Å². The number of likely N-dealkylation sites (N-methyl/N-ethyl adjacent to an activating group) is 1. The highest BCUT2D eigenvalue weighted by molar-refractivity contribution is 7.92. The van der Waals surface area contributed by atoms with E-state index in [1.54, 1.807) is 60.7 Å². The van der Waals surface area contributed by atoms with Crippen molar-refractivity contribution < 1.29 is 22.7 Å². The highest BCUT2D eigenvalue weighted by Crippen LogP contribution is 2.27. The molecule has 224 valence electrons. The number of halogens is 1. The van der Waals surface area contributed by atoms with E-state index in [1.165, 1.54) is 31.2 Å². The number of nitrogens with zero attached hydrogens (tertiary/aromatic N) is 2. The molecule has 4 rings (SSSR count). The average Bonchev–Trinajstić information content (AvgIpc) is 3.03. The van der Waals surface area contributed by atoms with Crippen LogP contribution in [-0.2, 0) is 32.6 Å². The molecule has 2 amide bonds. The van der Waals surface area contributed by atoms with Crippen LogP contribution in [0.25, 0.3) is 0 Å². The third-order valence-corrected chi connectivity index (χ3v) is 9.07.